The van der Waals surface area contributed by atoms with Crippen LogP contribution in [-0.2, 0) is 0 Å². The Bertz CT molecular complexity index is 363. The number of nitrogens with zero attached hydrogens (tertiary/aromatic N) is 2. The highest BCUT2D eigenvalue weighted by Crippen LogP contribution is 2.25. The molecule has 0 amide bonds. The van der Waals surface area contributed by atoms with E-state index in [1.165, 1.54) is 24.9 Å². The first-order valence-corrected chi connectivity index (χ1v) is 7.13. The summed E-state index contributed by atoms with van der Waals surface area (Å²) in [4.78, 5) is 6.81. The fourth-order valence-corrected chi connectivity index (χ4v) is 2.62. The van der Waals surface area contributed by atoms with Gasteiger partial charge in [0.05, 0.1) is 23.7 Å². The molecule has 18 heavy (non-hydrogen) atoms. The maximum Gasteiger partial charge on any atom is 0.0957 e. The molecule has 2 rings (SSSR count). The van der Waals surface area contributed by atoms with Crippen molar-refractivity contribution in [2.24, 2.45) is 5.92 Å². The third-order valence-corrected chi connectivity index (χ3v) is 3.96. The van der Waals surface area contributed by atoms with Gasteiger partial charge in [-0.15, -0.1) is 0 Å². The van der Waals surface area contributed by atoms with E-state index >= 15 is 0 Å². The van der Waals surface area contributed by atoms with Crippen LogP contribution in [-0.4, -0.2) is 23.2 Å². The maximum absolute atomic E-state index is 9.73. The summed E-state index contributed by atoms with van der Waals surface area (Å²) in [7, 11) is 0. The second kappa shape index (κ2) is 6.19. The molecule has 0 aromatic carbocycles. The van der Waals surface area contributed by atoms with Crippen LogP contribution in [0.5, 0.6) is 0 Å². The van der Waals surface area contributed by atoms with Crippen molar-refractivity contribution in [2.75, 3.05) is 18.0 Å². The number of aliphatic hydroxyl groups excluding tert-OH is 1. The summed E-state index contributed by atoms with van der Waals surface area (Å²) in [5, 5.41) is 9.73. The summed E-state index contributed by atoms with van der Waals surface area (Å²) in [5.41, 5.74) is 1.98. The fourth-order valence-electron chi connectivity index (χ4n) is 2.62. The van der Waals surface area contributed by atoms with E-state index in [0.717, 1.165) is 24.7 Å². The minimum Gasteiger partial charge on any atom is -0.387 e. The van der Waals surface area contributed by atoms with Crippen molar-refractivity contribution in [3.63, 3.8) is 0 Å². The highest BCUT2D eigenvalue weighted by molar-refractivity contribution is 5.45. The first-order valence-electron chi connectivity index (χ1n) is 7.13. The number of pyridine rings is 1. The third-order valence-electron chi connectivity index (χ3n) is 3.96. The van der Waals surface area contributed by atoms with Gasteiger partial charge in [0.1, 0.15) is 0 Å². The molecule has 1 saturated heterocycles. The summed E-state index contributed by atoms with van der Waals surface area (Å²) in [6.07, 6.45) is 6.09. The SMILES string of the molecule is CCC1CCCN(c2ccc([C@@H](O)CC)nc2)C1. The molecule has 0 aliphatic carbocycles. The van der Waals surface area contributed by atoms with E-state index in [4.69, 9.17) is 0 Å². The number of aliphatic hydroxyl groups is 1. The molecule has 3 nitrogen and oxygen atoms in total. The quantitative estimate of drug-likeness (QED) is 0.889. The molecule has 0 bridgehead atoms. The van der Waals surface area contributed by atoms with Crippen molar-refractivity contribution in [3.8, 4) is 0 Å². The Morgan fingerprint density at radius 2 is 2.28 bits per heavy atom. The van der Waals surface area contributed by atoms with Gasteiger partial charge < -0.3 is 10.0 Å². The van der Waals surface area contributed by atoms with E-state index in [1.807, 2.05) is 19.2 Å². The van der Waals surface area contributed by atoms with Crippen LogP contribution in [0.25, 0.3) is 0 Å². The lowest BCUT2D eigenvalue weighted by Crippen LogP contribution is -2.35. The van der Waals surface area contributed by atoms with Crippen LogP contribution in [0.4, 0.5) is 5.69 Å². The number of hydrogen-bond donors (Lipinski definition) is 1. The molecule has 0 radical (unpaired) electrons. The van der Waals surface area contributed by atoms with Crippen molar-refractivity contribution in [2.45, 2.75) is 45.6 Å². The molecule has 1 N–H and O–H groups in total. The third kappa shape index (κ3) is 3.02. The molecule has 100 valence electrons. The molecule has 2 atom stereocenters. The highest BCUT2D eigenvalue weighted by Gasteiger charge is 2.19. The Hall–Kier alpha value is -1.09. The summed E-state index contributed by atoms with van der Waals surface area (Å²) in [6, 6.07) is 4.05. The van der Waals surface area contributed by atoms with Crippen LogP contribution < -0.4 is 4.90 Å². The van der Waals surface area contributed by atoms with E-state index in [9.17, 15) is 5.11 Å². The first kappa shape index (κ1) is 13.3. The van der Waals surface area contributed by atoms with E-state index in [2.05, 4.69) is 22.9 Å². The molecule has 0 spiro atoms. The standard InChI is InChI=1S/C15H24N2O/c1-3-12-6-5-9-17(11-12)13-7-8-14(16-10-13)15(18)4-2/h7-8,10,12,15,18H,3-6,9,11H2,1-2H3/t12?,15-/m0/s1. The average Bonchev–Trinajstić information content (AvgIpc) is 2.46. The first-order chi connectivity index (χ1) is 8.74. The number of piperidine rings is 1. The van der Waals surface area contributed by atoms with Gasteiger partial charge in [0.25, 0.3) is 0 Å². The lowest BCUT2D eigenvalue weighted by molar-refractivity contribution is 0.169. The monoisotopic (exact) mass is 248 g/mol. The summed E-state index contributed by atoms with van der Waals surface area (Å²) >= 11 is 0. The molecule has 1 aromatic heterocycles. The van der Waals surface area contributed by atoms with Gasteiger partial charge >= 0.3 is 0 Å². The minimum atomic E-state index is -0.427. The van der Waals surface area contributed by atoms with E-state index in [1.54, 1.807) is 0 Å². The van der Waals surface area contributed by atoms with Crippen LogP contribution in [0, 0.1) is 5.92 Å². The lowest BCUT2D eigenvalue weighted by Gasteiger charge is -2.33. The van der Waals surface area contributed by atoms with Gasteiger partial charge in [-0.3, -0.25) is 4.98 Å². The van der Waals surface area contributed by atoms with Crippen LogP contribution in [0.3, 0.4) is 0 Å². The number of anilines is 1. The zero-order valence-corrected chi connectivity index (χ0v) is 11.5. The largest absolute Gasteiger partial charge is 0.387 e. The van der Waals surface area contributed by atoms with Gasteiger partial charge in [-0.1, -0.05) is 20.3 Å². The topological polar surface area (TPSA) is 36.4 Å². The van der Waals surface area contributed by atoms with Gasteiger partial charge in [0.2, 0.25) is 0 Å². The van der Waals surface area contributed by atoms with Gasteiger partial charge in [-0.2, -0.15) is 0 Å². The molecule has 2 heterocycles. The zero-order valence-electron chi connectivity index (χ0n) is 11.5. The van der Waals surface area contributed by atoms with Gasteiger partial charge in [-0.25, -0.2) is 0 Å². The van der Waals surface area contributed by atoms with E-state index in [0.29, 0.717) is 6.42 Å². The Labute approximate surface area is 110 Å². The highest BCUT2D eigenvalue weighted by atomic mass is 16.3. The van der Waals surface area contributed by atoms with Crippen molar-refractivity contribution < 1.29 is 5.11 Å². The molecule has 1 aromatic rings. The molecule has 1 unspecified atom stereocenters. The van der Waals surface area contributed by atoms with Crippen LogP contribution in [0.2, 0.25) is 0 Å². The maximum atomic E-state index is 9.73. The minimum absolute atomic E-state index is 0.427. The van der Waals surface area contributed by atoms with Crippen molar-refractivity contribution in [1.82, 2.24) is 4.98 Å². The van der Waals surface area contributed by atoms with Crippen molar-refractivity contribution in [1.29, 1.82) is 0 Å². The Kier molecular flexibility index (Phi) is 4.59. The van der Waals surface area contributed by atoms with Gasteiger partial charge in [0.15, 0.2) is 0 Å². The summed E-state index contributed by atoms with van der Waals surface area (Å²) in [5.74, 6) is 0.819. The molecule has 1 aliphatic heterocycles. The predicted molar refractivity (Wildman–Crippen MR) is 74.7 cm³/mol. The normalized spacial score (nSPS) is 21.9. The molecular weight excluding hydrogens is 224 g/mol. The molecule has 0 saturated carbocycles. The summed E-state index contributed by atoms with van der Waals surface area (Å²) < 4.78 is 0. The van der Waals surface area contributed by atoms with E-state index < -0.39 is 6.10 Å². The Morgan fingerprint density at radius 1 is 1.44 bits per heavy atom. The number of aromatic nitrogens is 1. The lowest BCUT2D eigenvalue weighted by atomic mass is 9.95. The van der Waals surface area contributed by atoms with Crippen LogP contribution in [0.15, 0.2) is 18.3 Å². The van der Waals surface area contributed by atoms with E-state index in [-0.39, 0.29) is 0 Å². The summed E-state index contributed by atoms with van der Waals surface area (Å²) in [6.45, 7) is 6.52. The number of hydrogen-bond acceptors (Lipinski definition) is 3. The molecular formula is C15H24N2O. The zero-order chi connectivity index (χ0) is 13.0. The Balaban J connectivity index is 2.04. The van der Waals surface area contributed by atoms with Crippen molar-refractivity contribution >= 4 is 5.69 Å². The van der Waals surface area contributed by atoms with Crippen molar-refractivity contribution in [3.05, 3.63) is 24.0 Å². The molecule has 3 heteroatoms. The Morgan fingerprint density at radius 3 is 2.89 bits per heavy atom. The molecule has 1 fully saturated rings. The fraction of sp³-hybridized carbons (Fsp3) is 0.667. The van der Waals surface area contributed by atoms with Gasteiger partial charge in [0, 0.05) is 13.1 Å². The number of rotatable bonds is 4. The second-order valence-corrected chi connectivity index (χ2v) is 5.23. The van der Waals surface area contributed by atoms with Crippen LogP contribution >= 0.6 is 0 Å². The predicted octanol–water partition coefficient (Wildman–Crippen LogP) is 3.15. The second-order valence-electron chi connectivity index (χ2n) is 5.23. The van der Waals surface area contributed by atoms with Gasteiger partial charge in [-0.05, 0) is 37.3 Å². The molecule has 1 aliphatic rings. The smallest absolute Gasteiger partial charge is 0.0957 e. The van der Waals surface area contributed by atoms with Crippen LogP contribution in [0.1, 0.15) is 51.3 Å². The average molecular weight is 248 g/mol.